The van der Waals surface area contributed by atoms with Crippen LogP contribution < -0.4 is 4.72 Å². The van der Waals surface area contributed by atoms with Crippen molar-refractivity contribution in [3.05, 3.63) is 17.7 Å². The molecule has 0 spiro atoms. The Morgan fingerprint density at radius 1 is 1.57 bits per heavy atom. The molecule has 0 aromatic carbocycles. The highest BCUT2D eigenvalue weighted by molar-refractivity contribution is 7.93. The summed E-state index contributed by atoms with van der Waals surface area (Å²) in [4.78, 5) is 29.4. The van der Waals surface area contributed by atoms with Gasteiger partial charge in [0.15, 0.2) is 11.7 Å². The lowest BCUT2D eigenvalue weighted by atomic mass is 10.1. The zero-order valence-corrected chi connectivity index (χ0v) is 11.8. The van der Waals surface area contributed by atoms with Crippen molar-refractivity contribution in [2.75, 3.05) is 11.8 Å². The van der Waals surface area contributed by atoms with E-state index in [1.165, 1.54) is 0 Å². The number of carbonyl (C=O) groups excluding carboxylic acids is 2. The maximum atomic E-state index is 13.6. The molecule has 8 nitrogen and oxygen atoms in total. The fourth-order valence-corrected chi connectivity index (χ4v) is 2.87. The molecule has 1 N–H and O–H groups in total. The van der Waals surface area contributed by atoms with Gasteiger partial charge in [-0.3, -0.25) is 9.52 Å². The van der Waals surface area contributed by atoms with Gasteiger partial charge in [0.2, 0.25) is 16.0 Å². The van der Waals surface area contributed by atoms with Crippen molar-refractivity contribution < 1.29 is 27.1 Å². The molecule has 1 aromatic heterocycles. The quantitative estimate of drug-likeness (QED) is 0.445. The lowest BCUT2D eigenvalue weighted by molar-refractivity contribution is -0.143. The summed E-state index contributed by atoms with van der Waals surface area (Å²) in [7, 11) is -2.59. The van der Waals surface area contributed by atoms with E-state index >= 15 is 0 Å². The Morgan fingerprint density at radius 2 is 2.24 bits per heavy atom. The predicted octanol–water partition coefficient (Wildman–Crippen LogP) is -0.0247. The first kappa shape index (κ1) is 15.3. The van der Waals surface area contributed by atoms with E-state index in [9.17, 15) is 22.4 Å². The topological polar surface area (TPSA) is 115 Å². The second kappa shape index (κ2) is 5.72. The maximum Gasteiger partial charge on any atom is 0.322 e. The molecule has 1 heterocycles. The molecule has 114 valence electrons. The first-order valence-corrected chi connectivity index (χ1v) is 7.51. The van der Waals surface area contributed by atoms with Crippen LogP contribution in [0.25, 0.3) is 0 Å². The van der Waals surface area contributed by atoms with Gasteiger partial charge in [-0.25, -0.2) is 22.8 Å². The van der Waals surface area contributed by atoms with Gasteiger partial charge in [0.25, 0.3) is 0 Å². The minimum absolute atomic E-state index is 0.163. The monoisotopic (exact) mass is 317 g/mol. The van der Waals surface area contributed by atoms with E-state index in [1.54, 1.807) is 0 Å². The van der Waals surface area contributed by atoms with Crippen LogP contribution in [0.5, 0.6) is 0 Å². The Kier molecular flexibility index (Phi) is 4.16. The molecular formula is C11H12FN3O5S. The van der Waals surface area contributed by atoms with Crippen LogP contribution in [0.1, 0.15) is 24.5 Å². The number of hydrogen-bond acceptors (Lipinski definition) is 7. The van der Waals surface area contributed by atoms with E-state index in [0.29, 0.717) is 19.0 Å². The van der Waals surface area contributed by atoms with Crippen LogP contribution in [0.15, 0.2) is 6.20 Å². The zero-order chi connectivity index (χ0) is 15.6. The van der Waals surface area contributed by atoms with Crippen LogP contribution in [-0.2, 0) is 24.3 Å². The standard InChI is InChI=1S/C11H12FN3O5S/c1-20-10(17)7(5-16)9-8(12)4-13-11(14-9)15-21(18,19)6-2-3-6/h4-7H,2-3H2,1H3,(H,13,14,15). The number of anilines is 1. The van der Waals surface area contributed by atoms with Crippen LogP contribution in [0, 0.1) is 5.82 Å². The number of rotatable bonds is 6. The number of nitrogens with zero attached hydrogens (tertiary/aromatic N) is 2. The van der Waals surface area contributed by atoms with Gasteiger partial charge in [-0.15, -0.1) is 0 Å². The van der Waals surface area contributed by atoms with Crippen LogP contribution in [0.2, 0.25) is 0 Å². The number of hydrogen-bond donors (Lipinski definition) is 1. The molecule has 1 saturated carbocycles. The molecule has 1 unspecified atom stereocenters. The van der Waals surface area contributed by atoms with Crippen LogP contribution in [0.3, 0.4) is 0 Å². The fraction of sp³-hybridized carbons (Fsp3) is 0.455. The minimum atomic E-state index is -3.63. The van der Waals surface area contributed by atoms with Gasteiger partial charge in [0, 0.05) is 0 Å². The lowest BCUT2D eigenvalue weighted by Crippen LogP contribution is -2.22. The molecule has 0 saturated heterocycles. The summed E-state index contributed by atoms with van der Waals surface area (Å²) in [5.41, 5.74) is -0.541. The molecular weight excluding hydrogens is 305 g/mol. The van der Waals surface area contributed by atoms with Crippen molar-refractivity contribution in [3.8, 4) is 0 Å². The summed E-state index contributed by atoms with van der Waals surface area (Å²) in [5, 5.41) is -0.517. The van der Waals surface area contributed by atoms with Gasteiger partial charge in [0.05, 0.1) is 18.6 Å². The molecule has 1 fully saturated rings. The van der Waals surface area contributed by atoms with Crippen molar-refractivity contribution in [1.82, 2.24) is 9.97 Å². The Labute approximate surface area is 119 Å². The number of halogens is 1. The zero-order valence-electron chi connectivity index (χ0n) is 10.9. The number of esters is 1. The smallest absolute Gasteiger partial charge is 0.322 e. The highest BCUT2D eigenvalue weighted by Gasteiger charge is 2.36. The van der Waals surface area contributed by atoms with E-state index in [1.807, 2.05) is 0 Å². The van der Waals surface area contributed by atoms with Crippen molar-refractivity contribution >= 4 is 28.2 Å². The summed E-state index contributed by atoms with van der Waals surface area (Å²) in [6.45, 7) is 0. The number of nitrogens with one attached hydrogen (secondary N) is 1. The van der Waals surface area contributed by atoms with Gasteiger partial charge in [0.1, 0.15) is 12.0 Å². The number of aldehydes is 1. The molecule has 0 aliphatic heterocycles. The average molecular weight is 317 g/mol. The number of sulfonamides is 1. The highest BCUT2D eigenvalue weighted by atomic mass is 32.2. The van der Waals surface area contributed by atoms with E-state index in [-0.39, 0.29) is 6.29 Å². The third-order valence-electron chi connectivity index (χ3n) is 2.85. The summed E-state index contributed by atoms with van der Waals surface area (Å²) >= 11 is 0. The van der Waals surface area contributed by atoms with Gasteiger partial charge in [-0.1, -0.05) is 0 Å². The first-order chi connectivity index (χ1) is 9.89. The largest absolute Gasteiger partial charge is 0.468 e. The van der Waals surface area contributed by atoms with Gasteiger partial charge in [-0.2, -0.15) is 0 Å². The van der Waals surface area contributed by atoms with Gasteiger partial charge >= 0.3 is 5.97 Å². The van der Waals surface area contributed by atoms with Crippen molar-refractivity contribution in [1.29, 1.82) is 0 Å². The fourth-order valence-electron chi connectivity index (χ4n) is 1.60. The second-order valence-electron chi connectivity index (χ2n) is 4.41. The van der Waals surface area contributed by atoms with E-state index in [4.69, 9.17) is 0 Å². The molecule has 2 rings (SSSR count). The molecule has 1 aliphatic carbocycles. The Morgan fingerprint density at radius 3 is 2.76 bits per heavy atom. The number of ether oxygens (including phenoxy) is 1. The lowest BCUT2D eigenvalue weighted by Gasteiger charge is -2.10. The third-order valence-corrected chi connectivity index (χ3v) is 4.67. The van der Waals surface area contributed by atoms with E-state index in [0.717, 1.165) is 7.11 Å². The summed E-state index contributed by atoms with van der Waals surface area (Å²) in [6, 6.07) is 0. The predicted molar refractivity (Wildman–Crippen MR) is 68.4 cm³/mol. The van der Waals surface area contributed by atoms with Crippen molar-refractivity contribution in [3.63, 3.8) is 0 Å². The minimum Gasteiger partial charge on any atom is -0.468 e. The maximum absolute atomic E-state index is 13.6. The average Bonchev–Trinajstić information content (AvgIpc) is 3.27. The SMILES string of the molecule is COC(=O)C(C=O)c1nc(NS(=O)(=O)C2CC2)ncc1F. The highest BCUT2D eigenvalue weighted by Crippen LogP contribution is 2.29. The first-order valence-electron chi connectivity index (χ1n) is 5.96. The van der Waals surface area contributed by atoms with Gasteiger partial charge in [-0.05, 0) is 12.8 Å². The molecule has 21 heavy (non-hydrogen) atoms. The normalized spacial score (nSPS) is 16.1. The molecule has 10 heteroatoms. The third kappa shape index (κ3) is 3.32. The Hall–Kier alpha value is -2.10. The van der Waals surface area contributed by atoms with Crippen LogP contribution in [0.4, 0.5) is 10.3 Å². The number of aromatic nitrogens is 2. The molecule has 0 radical (unpaired) electrons. The molecule has 1 aromatic rings. The van der Waals surface area contributed by atoms with E-state index < -0.39 is 44.6 Å². The Bertz CT molecular complexity index is 674. The van der Waals surface area contributed by atoms with Gasteiger partial charge < -0.3 is 9.53 Å². The van der Waals surface area contributed by atoms with Crippen LogP contribution in [-0.4, -0.2) is 43.0 Å². The summed E-state index contributed by atoms with van der Waals surface area (Å²) in [5.74, 6) is -3.98. The molecule has 0 bridgehead atoms. The van der Waals surface area contributed by atoms with Crippen molar-refractivity contribution in [2.45, 2.75) is 24.0 Å². The second-order valence-corrected chi connectivity index (χ2v) is 6.37. The van der Waals surface area contributed by atoms with Crippen LogP contribution >= 0.6 is 0 Å². The Balaban J connectivity index is 2.32. The molecule has 1 aliphatic rings. The number of carbonyl (C=O) groups is 2. The summed E-state index contributed by atoms with van der Waals surface area (Å²) in [6.07, 6.45) is 1.91. The van der Waals surface area contributed by atoms with E-state index in [2.05, 4.69) is 19.4 Å². The number of methoxy groups -OCH3 is 1. The molecule has 0 amide bonds. The molecule has 1 atom stereocenters. The van der Waals surface area contributed by atoms with Crippen molar-refractivity contribution in [2.24, 2.45) is 0 Å². The summed E-state index contributed by atoms with van der Waals surface area (Å²) < 4.78 is 43.6.